The summed E-state index contributed by atoms with van der Waals surface area (Å²) in [4.78, 5) is 24.0. The van der Waals surface area contributed by atoms with Crippen molar-refractivity contribution in [3.8, 4) is 5.75 Å². The van der Waals surface area contributed by atoms with E-state index in [9.17, 15) is 9.59 Å². The van der Waals surface area contributed by atoms with Crippen molar-refractivity contribution >= 4 is 11.9 Å². The Morgan fingerprint density at radius 1 is 1.24 bits per heavy atom. The van der Waals surface area contributed by atoms with Crippen LogP contribution in [0.5, 0.6) is 5.75 Å². The van der Waals surface area contributed by atoms with Crippen molar-refractivity contribution in [2.24, 2.45) is 0 Å². The fourth-order valence-corrected chi connectivity index (χ4v) is 1.86. The Labute approximate surface area is 124 Å². The molecule has 2 N–H and O–H groups in total. The van der Waals surface area contributed by atoms with E-state index in [0.717, 1.165) is 12.2 Å². The molecule has 0 aromatic heterocycles. The Hall–Kier alpha value is -2.08. The zero-order valence-electron chi connectivity index (χ0n) is 12.2. The second kappa shape index (κ2) is 9.77. The highest BCUT2D eigenvalue weighted by molar-refractivity contribution is 5.79. The number of ether oxygens (including phenoxy) is 1. The van der Waals surface area contributed by atoms with Gasteiger partial charge in [-0.25, -0.2) is 0 Å². The van der Waals surface area contributed by atoms with Crippen LogP contribution in [0.3, 0.4) is 0 Å². The molecule has 0 heterocycles. The van der Waals surface area contributed by atoms with Gasteiger partial charge in [0.05, 0.1) is 19.6 Å². The maximum atomic E-state index is 11.7. The van der Waals surface area contributed by atoms with Crippen molar-refractivity contribution in [2.75, 3.05) is 32.8 Å². The molecule has 6 nitrogen and oxygen atoms in total. The third-order valence-corrected chi connectivity index (χ3v) is 2.70. The molecule has 0 radical (unpaired) electrons. The SMILES string of the molecule is CCCN(CC(=O)O)CC(=O)NCCOc1ccccc1. The average molecular weight is 294 g/mol. The number of rotatable bonds is 10. The molecule has 1 amide bonds. The average Bonchev–Trinajstić information content (AvgIpc) is 2.44. The van der Waals surface area contributed by atoms with E-state index in [1.54, 1.807) is 4.90 Å². The van der Waals surface area contributed by atoms with Crippen molar-refractivity contribution in [3.63, 3.8) is 0 Å². The first-order valence-corrected chi connectivity index (χ1v) is 7.00. The van der Waals surface area contributed by atoms with E-state index in [2.05, 4.69) is 5.32 Å². The molecule has 1 rings (SSSR count). The molecule has 0 aliphatic heterocycles. The summed E-state index contributed by atoms with van der Waals surface area (Å²) >= 11 is 0. The first-order valence-electron chi connectivity index (χ1n) is 7.00. The summed E-state index contributed by atoms with van der Waals surface area (Å²) in [7, 11) is 0. The van der Waals surface area contributed by atoms with Gasteiger partial charge in [0.2, 0.25) is 5.91 Å². The van der Waals surface area contributed by atoms with Crippen LogP contribution >= 0.6 is 0 Å². The normalized spacial score (nSPS) is 10.4. The van der Waals surface area contributed by atoms with E-state index in [1.807, 2.05) is 37.3 Å². The molecule has 1 aromatic rings. The van der Waals surface area contributed by atoms with Crippen molar-refractivity contribution in [1.29, 1.82) is 0 Å². The van der Waals surface area contributed by atoms with Crippen molar-refractivity contribution < 1.29 is 19.4 Å². The minimum absolute atomic E-state index is 0.0888. The van der Waals surface area contributed by atoms with E-state index < -0.39 is 5.97 Å². The first-order chi connectivity index (χ1) is 10.1. The van der Waals surface area contributed by atoms with Gasteiger partial charge in [0, 0.05) is 0 Å². The molecule has 0 saturated heterocycles. The van der Waals surface area contributed by atoms with E-state index in [1.165, 1.54) is 0 Å². The maximum Gasteiger partial charge on any atom is 0.317 e. The van der Waals surface area contributed by atoms with Crippen LogP contribution in [0.1, 0.15) is 13.3 Å². The lowest BCUT2D eigenvalue weighted by Gasteiger charge is -2.18. The van der Waals surface area contributed by atoms with E-state index >= 15 is 0 Å². The molecular weight excluding hydrogens is 272 g/mol. The van der Waals surface area contributed by atoms with Crippen LogP contribution in [0.15, 0.2) is 30.3 Å². The number of amides is 1. The van der Waals surface area contributed by atoms with Gasteiger partial charge in [0.25, 0.3) is 0 Å². The monoisotopic (exact) mass is 294 g/mol. The summed E-state index contributed by atoms with van der Waals surface area (Å²) in [6.07, 6.45) is 0.803. The third kappa shape index (κ3) is 7.94. The van der Waals surface area contributed by atoms with E-state index in [0.29, 0.717) is 19.7 Å². The summed E-state index contributed by atoms with van der Waals surface area (Å²) in [6.45, 7) is 3.26. The number of carboxylic acids is 1. The predicted octanol–water partition coefficient (Wildman–Crippen LogP) is 0.978. The van der Waals surface area contributed by atoms with Crippen LogP contribution in [-0.2, 0) is 9.59 Å². The molecular formula is C15H22N2O4. The highest BCUT2D eigenvalue weighted by Gasteiger charge is 2.12. The molecule has 0 spiro atoms. The Balaban J connectivity index is 2.21. The van der Waals surface area contributed by atoms with E-state index in [4.69, 9.17) is 9.84 Å². The Morgan fingerprint density at radius 3 is 2.57 bits per heavy atom. The fraction of sp³-hybridized carbons (Fsp3) is 0.467. The molecule has 0 aliphatic carbocycles. The van der Waals surface area contributed by atoms with Gasteiger partial charge in [-0.15, -0.1) is 0 Å². The zero-order chi connectivity index (χ0) is 15.5. The standard InChI is InChI=1S/C15H22N2O4/c1-2-9-17(12-15(19)20)11-14(18)16-8-10-21-13-6-4-3-5-7-13/h3-7H,2,8-12H2,1H3,(H,16,18)(H,19,20). The number of aliphatic carboxylic acids is 1. The number of carboxylic acid groups (broad SMARTS) is 1. The van der Waals surface area contributed by atoms with Crippen molar-refractivity contribution in [3.05, 3.63) is 30.3 Å². The number of benzene rings is 1. The lowest BCUT2D eigenvalue weighted by molar-refractivity contribution is -0.138. The van der Waals surface area contributed by atoms with Crippen molar-refractivity contribution in [1.82, 2.24) is 10.2 Å². The smallest absolute Gasteiger partial charge is 0.317 e. The largest absolute Gasteiger partial charge is 0.492 e. The molecule has 0 bridgehead atoms. The van der Waals surface area contributed by atoms with Crippen LogP contribution < -0.4 is 10.1 Å². The fourth-order valence-electron chi connectivity index (χ4n) is 1.86. The molecule has 1 aromatic carbocycles. The second-order valence-electron chi connectivity index (χ2n) is 4.62. The van der Waals surface area contributed by atoms with Gasteiger partial charge in [-0.3, -0.25) is 14.5 Å². The maximum absolute atomic E-state index is 11.7. The van der Waals surface area contributed by atoms with Crippen LogP contribution in [-0.4, -0.2) is 54.7 Å². The topological polar surface area (TPSA) is 78.9 Å². The van der Waals surface area contributed by atoms with Crippen LogP contribution in [0.2, 0.25) is 0 Å². The molecule has 0 atom stereocenters. The number of hydrogen-bond acceptors (Lipinski definition) is 4. The molecule has 0 unspecified atom stereocenters. The number of carbonyl (C=O) groups is 2. The predicted molar refractivity (Wildman–Crippen MR) is 79.3 cm³/mol. The minimum Gasteiger partial charge on any atom is -0.492 e. The van der Waals surface area contributed by atoms with Gasteiger partial charge in [0.15, 0.2) is 0 Å². The minimum atomic E-state index is -0.927. The lowest BCUT2D eigenvalue weighted by Crippen LogP contribution is -2.41. The van der Waals surface area contributed by atoms with Gasteiger partial charge in [-0.2, -0.15) is 0 Å². The highest BCUT2D eigenvalue weighted by Crippen LogP contribution is 2.07. The Kier molecular flexibility index (Phi) is 7.89. The van der Waals surface area contributed by atoms with Gasteiger partial charge in [-0.05, 0) is 25.1 Å². The van der Waals surface area contributed by atoms with Crippen LogP contribution in [0.4, 0.5) is 0 Å². The van der Waals surface area contributed by atoms with Gasteiger partial charge in [-0.1, -0.05) is 25.1 Å². The summed E-state index contributed by atoms with van der Waals surface area (Å²) in [6, 6.07) is 9.35. The molecule has 0 fully saturated rings. The third-order valence-electron chi connectivity index (χ3n) is 2.70. The van der Waals surface area contributed by atoms with Crippen LogP contribution in [0.25, 0.3) is 0 Å². The van der Waals surface area contributed by atoms with Crippen LogP contribution in [0, 0.1) is 0 Å². The molecule has 116 valence electrons. The number of nitrogens with one attached hydrogen (secondary N) is 1. The molecule has 0 saturated carbocycles. The summed E-state index contributed by atoms with van der Waals surface area (Å²) in [5.74, 6) is -0.366. The van der Waals surface area contributed by atoms with Crippen molar-refractivity contribution in [2.45, 2.75) is 13.3 Å². The van der Waals surface area contributed by atoms with Gasteiger partial charge >= 0.3 is 5.97 Å². The summed E-state index contributed by atoms with van der Waals surface area (Å²) in [5, 5.41) is 11.5. The lowest BCUT2D eigenvalue weighted by atomic mass is 10.3. The Morgan fingerprint density at radius 2 is 1.95 bits per heavy atom. The zero-order valence-corrected chi connectivity index (χ0v) is 12.2. The number of nitrogens with zero attached hydrogens (tertiary/aromatic N) is 1. The quantitative estimate of drug-likeness (QED) is 0.629. The summed E-state index contributed by atoms with van der Waals surface area (Å²) < 4.78 is 5.45. The first kappa shape index (κ1) is 17.0. The number of para-hydroxylation sites is 1. The summed E-state index contributed by atoms with van der Waals surface area (Å²) in [5.41, 5.74) is 0. The molecule has 21 heavy (non-hydrogen) atoms. The van der Waals surface area contributed by atoms with E-state index in [-0.39, 0.29) is 19.0 Å². The number of carbonyl (C=O) groups excluding carboxylic acids is 1. The van der Waals surface area contributed by atoms with Gasteiger partial charge in [0.1, 0.15) is 12.4 Å². The Bertz CT molecular complexity index is 437. The second-order valence-corrected chi connectivity index (χ2v) is 4.62. The molecule has 0 aliphatic rings. The molecule has 6 heteroatoms. The number of hydrogen-bond donors (Lipinski definition) is 2. The van der Waals surface area contributed by atoms with Gasteiger partial charge < -0.3 is 15.2 Å². The highest BCUT2D eigenvalue weighted by atomic mass is 16.5.